The molecule has 1 rings (SSSR count). The van der Waals surface area contributed by atoms with Crippen molar-refractivity contribution in [1.82, 2.24) is 0 Å². The van der Waals surface area contributed by atoms with Crippen LogP contribution in [-0.4, -0.2) is 8.07 Å². The lowest BCUT2D eigenvalue weighted by Crippen LogP contribution is -2.42. The summed E-state index contributed by atoms with van der Waals surface area (Å²) in [4.78, 5) is 0. The van der Waals surface area contributed by atoms with Crippen molar-refractivity contribution in [3.63, 3.8) is 0 Å². The average molecular weight is 242 g/mol. The zero-order valence-corrected chi connectivity index (χ0v) is 12.2. The van der Waals surface area contributed by atoms with Crippen LogP contribution in [0.3, 0.4) is 0 Å². The third kappa shape index (κ3) is 3.91. The standard InChI is InChI=1S/C16H22Si/c1-5-7-8-11-15-12-9-10-13-16(15)17(3,4)14-6-2/h6,9-10,12-13H,2,5,7,14H2,1,3-4H3. The van der Waals surface area contributed by atoms with E-state index in [-0.39, 0.29) is 0 Å². The van der Waals surface area contributed by atoms with Gasteiger partial charge in [0.15, 0.2) is 0 Å². The molecule has 17 heavy (non-hydrogen) atoms. The topological polar surface area (TPSA) is 0 Å². The zero-order valence-electron chi connectivity index (χ0n) is 11.2. The van der Waals surface area contributed by atoms with E-state index >= 15 is 0 Å². The number of allylic oxidation sites excluding steroid dienone is 1. The van der Waals surface area contributed by atoms with Gasteiger partial charge in [-0.05, 0) is 23.7 Å². The summed E-state index contributed by atoms with van der Waals surface area (Å²) in [6.07, 6.45) is 4.16. The van der Waals surface area contributed by atoms with Crippen LogP contribution >= 0.6 is 0 Å². The lowest BCUT2D eigenvalue weighted by molar-refractivity contribution is 0.983. The smallest absolute Gasteiger partial charge is 0.0859 e. The minimum absolute atomic E-state index is 0.984. The summed E-state index contributed by atoms with van der Waals surface area (Å²) in [5.74, 6) is 6.58. The van der Waals surface area contributed by atoms with Crippen molar-refractivity contribution in [2.24, 2.45) is 0 Å². The number of hydrogen-bond acceptors (Lipinski definition) is 0. The average Bonchev–Trinajstić information content (AvgIpc) is 2.30. The van der Waals surface area contributed by atoms with Gasteiger partial charge in [0.2, 0.25) is 0 Å². The number of rotatable bonds is 4. The first kappa shape index (κ1) is 13.8. The second-order valence-corrected chi connectivity index (χ2v) is 9.69. The Morgan fingerprint density at radius 1 is 1.29 bits per heavy atom. The number of unbranched alkanes of at least 4 members (excludes halogenated alkanes) is 1. The number of hydrogen-bond donors (Lipinski definition) is 0. The predicted octanol–water partition coefficient (Wildman–Crippen LogP) is 3.94. The Hall–Kier alpha value is -1.26. The van der Waals surface area contributed by atoms with Crippen molar-refractivity contribution in [3.8, 4) is 11.8 Å². The highest BCUT2D eigenvalue weighted by molar-refractivity contribution is 6.90. The summed E-state index contributed by atoms with van der Waals surface area (Å²) in [5, 5.41) is 1.46. The molecule has 90 valence electrons. The molecular weight excluding hydrogens is 220 g/mol. The van der Waals surface area contributed by atoms with Gasteiger partial charge in [-0.1, -0.05) is 56.1 Å². The van der Waals surface area contributed by atoms with Crippen LogP contribution in [0.1, 0.15) is 25.3 Å². The van der Waals surface area contributed by atoms with Crippen molar-refractivity contribution < 1.29 is 0 Å². The molecule has 0 fully saturated rings. The molecule has 1 aromatic rings. The molecule has 1 heteroatoms. The zero-order chi connectivity index (χ0) is 12.7. The molecule has 0 aromatic heterocycles. The Morgan fingerprint density at radius 2 is 2.00 bits per heavy atom. The maximum atomic E-state index is 3.88. The first-order valence-corrected chi connectivity index (χ1v) is 9.52. The Morgan fingerprint density at radius 3 is 2.65 bits per heavy atom. The van der Waals surface area contributed by atoms with E-state index in [0.717, 1.165) is 18.9 Å². The quantitative estimate of drug-likeness (QED) is 0.426. The third-order valence-electron chi connectivity index (χ3n) is 2.91. The van der Waals surface area contributed by atoms with Crippen molar-refractivity contribution in [1.29, 1.82) is 0 Å². The molecule has 0 saturated carbocycles. The summed E-state index contributed by atoms with van der Waals surface area (Å²) in [6, 6.07) is 9.71. The molecule has 0 amide bonds. The highest BCUT2D eigenvalue weighted by Gasteiger charge is 2.23. The molecule has 0 aliphatic carbocycles. The lowest BCUT2D eigenvalue weighted by Gasteiger charge is -2.22. The van der Waals surface area contributed by atoms with E-state index in [1.165, 1.54) is 10.8 Å². The van der Waals surface area contributed by atoms with Gasteiger partial charge in [0.05, 0.1) is 8.07 Å². The van der Waals surface area contributed by atoms with Gasteiger partial charge in [-0.25, -0.2) is 0 Å². The van der Waals surface area contributed by atoms with Crippen LogP contribution in [0.2, 0.25) is 19.1 Å². The van der Waals surface area contributed by atoms with Crippen LogP contribution in [0.15, 0.2) is 36.9 Å². The van der Waals surface area contributed by atoms with Gasteiger partial charge in [0.25, 0.3) is 0 Å². The third-order valence-corrected chi connectivity index (χ3v) is 6.11. The summed E-state index contributed by atoms with van der Waals surface area (Å²) in [7, 11) is -1.40. The van der Waals surface area contributed by atoms with E-state index in [9.17, 15) is 0 Å². The van der Waals surface area contributed by atoms with E-state index in [1.54, 1.807) is 0 Å². The van der Waals surface area contributed by atoms with Gasteiger partial charge >= 0.3 is 0 Å². The highest BCUT2D eigenvalue weighted by Crippen LogP contribution is 2.12. The van der Waals surface area contributed by atoms with E-state index in [2.05, 4.69) is 62.7 Å². The van der Waals surface area contributed by atoms with E-state index in [4.69, 9.17) is 0 Å². The van der Waals surface area contributed by atoms with Crippen molar-refractivity contribution in [3.05, 3.63) is 42.5 Å². The molecule has 0 aliphatic heterocycles. The summed E-state index contributed by atoms with van der Waals surface area (Å²) in [6.45, 7) is 10.8. The van der Waals surface area contributed by atoms with Gasteiger partial charge in [-0.15, -0.1) is 6.58 Å². The highest BCUT2D eigenvalue weighted by atomic mass is 28.3. The Kier molecular flexibility index (Phi) is 5.25. The van der Waals surface area contributed by atoms with E-state index in [0.29, 0.717) is 0 Å². The van der Waals surface area contributed by atoms with Crippen LogP contribution in [0.4, 0.5) is 0 Å². The molecule has 0 atom stereocenters. The first-order valence-electron chi connectivity index (χ1n) is 6.31. The molecule has 0 unspecified atom stereocenters. The van der Waals surface area contributed by atoms with Crippen molar-refractivity contribution >= 4 is 13.3 Å². The maximum absolute atomic E-state index is 3.88. The van der Waals surface area contributed by atoms with Crippen molar-refractivity contribution in [2.75, 3.05) is 0 Å². The Labute approximate surface area is 107 Å². The fourth-order valence-corrected chi connectivity index (χ4v) is 4.30. The van der Waals surface area contributed by atoms with Gasteiger partial charge in [-0.3, -0.25) is 0 Å². The molecule has 0 radical (unpaired) electrons. The summed E-state index contributed by atoms with van der Waals surface area (Å²) in [5.41, 5.74) is 1.22. The summed E-state index contributed by atoms with van der Waals surface area (Å²) >= 11 is 0. The monoisotopic (exact) mass is 242 g/mol. The minimum Gasteiger partial charge on any atom is -0.103 e. The molecule has 0 heterocycles. The predicted molar refractivity (Wildman–Crippen MR) is 80.3 cm³/mol. The van der Waals surface area contributed by atoms with Gasteiger partial charge < -0.3 is 0 Å². The van der Waals surface area contributed by atoms with Crippen LogP contribution in [-0.2, 0) is 0 Å². The second kappa shape index (κ2) is 6.47. The Bertz CT molecular complexity index is 432. The fraction of sp³-hybridized carbons (Fsp3) is 0.375. The molecule has 0 spiro atoms. The molecule has 0 bridgehead atoms. The fourth-order valence-electron chi connectivity index (χ4n) is 1.94. The molecular formula is C16H22Si. The lowest BCUT2D eigenvalue weighted by atomic mass is 10.2. The Balaban J connectivity index is 3.08. The van der Waals surface area contributed by atoms with Crippen LogP contribution < -0.4 is 5.19 Å². The number of benzene rings is 1. The van der Waals surface area contributed by atoms with Crippen LogP contribution in [0.5, 0.6) is 0 Å². The molecule has 0 saturated heterocycles. The van der Waals surface area contributed by atoms with Gasteiger partial charge in [-0.2, -0.15) is 0 Å². The summed E-state index contributed by atoms with van der Waals surface area (Å²) < 4.78 is 0. The first-order chi connectivity index (χ1) is 8.11. The van der Waals surface area contributed by atoms with Crippen LogP contribution in [0.25, 0.3) is 0 Å². The molecule has 0 nitrogen and oxygen atoms in total. The van der Waals surface area contributed by atoms with Crippen LogP contribution in [0, 0.1) is 11.8 Å². The largest absolute Gasteiger partial charge is 0.103 e. The van der Waals surface area contributed by atoms with Crippen molar-refractivity contribution in [2.45, 2.75) is 38.9 Å². The second-order valence-electron chi connectivity index (χ2n) is 4.97. The van der Waals surface area contributed by atoms with Gasteiger partial charge in [0, 0.05) is 12.0 Å². The SMILES string of the molecule is C=CC[Si](C)(C)c1ccccc1C#CCCC. The normalized spacial score (nSPS) is 10.5. The molecule has 0 N–H and O–H groups in total. The van der Waals surface area contributed by atoms with Gasteiger partial charge in [0.1, 0.15) is 0 Å². The maximum Gasteiger partial charge on any atom is 0.0859 e. The molecule has 0 aliphatic rings. The molecule has 1 aromatic carbocycles. The minimum atomic E-state index is -1.40. The van der Waals surface area contributed by atoms with E-state index < -0.39 is 8.07 Å². The van der Waals surface area contributed by atoms with E-state index in [1.807, 2.05) is 6.08 Å².